The molecule has 2 aromatic rings. The van der Waals surface area contributed by atoms with E-state index in [0.717, 1.165) is 17.8 Å². The second-order valence-corrected chi connectivity index (χ2v) is 9.14. The Morgan fingerprint density at radius 1 is 0.889 bits per heavy atom. The van der Waals surface area contributed by atoms with Crippen LogP contribution in [0.15, 0.2) is 54.6 Å². The number of hydrogen-bond acceptors (Lipinski definition) is 3. The molecule has 2 aliphatic rings. The van der Waals surface area contributed by atoms with E-state index in [2.05, 4.69) is 0 Å². The summed E-state index contributed by atoms with van der Waals surface area (Å²) < 4.78 is 63.9. The maximum atomic E-state index is 13.1. The minimum Gasteiger partial charge on any atom is -0.312 e. The van der Waals surface area contributed by atoms with Gasteiger partial charge in [-0.05, 0) is 42.5 Å². The zero-order chi connectivity index (χ0) is 19.4. The summed E-state index contributed by atoms with van der Waals surface area (Å²) in [6.45, 7) is 0. The number of hydrogen-bond donors (Lipinski definition) is 0. The average molecular weight is 412 g/mol. The summed E-state index contributed by atoms with van der Waals surface area (Å²) in [6, 6.07) is 13.0. The first-order valence-electron chi connectivity index (χ1n) is 8.22. The normalized spacial score (nSPS) is 24.3. The van der Waals surface area contributed by atoms with Gasteiger partial charge in [0.15, 0.2) is 14.9 Å². The van der Waals surface area contributed by atoms with Crippen LogP contribution in [-0.2, 0) is 16.0 Å². The van der Waals surface area contributed by atoms with E-state index in [1.54, 1.807) is 9.80 Å². The number of rotatable bonds is 2. The lowest BCUT2D eigenvalue weighted by Gasteiger charge is -2.26. The molecular weight excluding hydrogens is 397 g/mol. The number of halogens is 3. The van der Waals surface area contributed by atoms with Crippen LogP contribution < -0.4 is 9.80 Å². The van der Waals surface area contributed by atoms with Gasteiger partial charge in [0.05, 0.1) is 29.2 Å². The molecule has 0 aliphatic carbocycles. The van der Waals surface area contributed by atoms with Gasteiger partial charge in [-0.25, -0.2) is 8.42 Å². The predicted octanol–water partition coefficient (Wildman–Crippen LogP) is 3.48. The number of fused-ring (bicyclic) bond motifs is 1. The summed E-state index contributed by atoms with van der Waals surface area (Å²) >= 11 is 5.57. The molecule has 4 nitrogen and oxygen atoms in total. The Kier molecular flexibility index (Phi) is 4.19. The van der Waals surface area contributed by atoms with Crippen molar-refractivity contribution in [2.24, 2.45) is 0 Å². The van der Waals surface area contributed by atoms with Crippen LogP contribution in [0.3, 0.4) is 0 Å². The predicted molar refractivity (Wildman–Crippen MR) is 102 cm³/mol. The van der Waals surface area contributed by atoms with Crippen LogP contribution in [-0.4, -0.2) is 37.1 Å². The first-order chi connectivity index (χ1) is 12.7. The molecule has 2 fully saturated rings. The molecule has 4 rings (SSSR count). The highest BCUT2D eigenvalue weighted by Gasteiger charge is 2.52. The van der Waals surface area contributed by atoms with Gasteiger partial charge < -0.3 is 9.80 Å². The van der Waals surface area contributed by atoms with Crippen molar-refractivity contribution in [1.82, 2.24) is 0 Å². The summed E-state index contributed by atoms with van der Waals surface area (Å²) in [7, 11) is -3.31. The van der Waals surface area contributed by atoms with Crippen molar-refractivity contribution in [2.45, 2.75) is 18.3 Å². The Hall–Kier alpha value is -2.13. The van der Waals surface area contributed by atoms with Gasteiger partial charge in [-0.2, -0.15) is 13.2 Å². The molecule has 0 aromatic heterocycles. The molecular formula is C18H15F3N2O2S2. The Bertz CT molecular complexity index is 993. The third kappa shape index (κ3) is 3.19. The van der Waals surface area contributed by atoms with Gasteiger partial charge in [-0.3, -0.25) is 0 Å². The van der Waals surface area contributed by atoms with Crippen molar-refractivity contribution in [3.8, 4) is 0 Å². The Balaban J connectivity index is 1.80. The largest absolute Gasteiger partial charge is 0.416 e. The lowest BCUT2D eigenvalue weighted by Crippen LogP contribution is -2.37. The number of thiocarbonyl (C=S) groups is 1. The molecule has 2 saturated heterocycles. The van der Waals surface area contributed by atoms with E-state index < -0.39 is 33.7 Å². The molecule has 0 saturated carbocycles. The van der Waals surface area contributed by atoms with E-state index >= 15 is 0 Å². The topological polar surface area (TPSA) is 40.6 Å². The SMILES string of the molecule is O=S1(=O)C[C@H]2[C@H](C1)N(c1cccc(C(F)(F)F)c1)C(=S)N2c1ccccc1. The third-order valence-corrected chi connectivity index (χ3v) is 6.95. The van der Waals surface area contributed by atoms with Crippen LogP contribution in [0.2, 0.25) is 0 Å². The smallest absolute Gasteiger partial charge is 0.312 e. The maximum Gasteiger partial charge on any atom is 0.416 e. The summed E-state index contributed by atoms with van der Waals surface area (Å²) in [4.78, 5) is 3.29. The highest BCUT2D eigenvalue weighted by atomic mass is 32.2. The molecule has 0 radical (unpaired) electrons. The van der Waals surface area contributed by atoms with Crippen LogP contribution in [0.1, 0.15) is 5.56 Å². The molecule has 0 amide bonds. The van der Waals surface area contributed by atoms with Crippen molar-refractivity contribution < 1.29 is 21.6 Å². The van der Waals surface area contributed by atoms with Crippen molar-refractivity contribution in [2.75, 3.05) is 21.3 Å². The second-order valence-electron chi connectivity index (χ2n) is 6.62. The van der Waals surface area contributed by atoms with Crippen LogP contribution in [0.5, 0.6) is 0 Å². The van der Waals surface area contributed by atoms with E-state index in [9.17, 15) is 21.6 Å². The molecule has 0 unspecified atom stereocenters. The number of anilines is 2. The molecule has 9 heteroatoms. The zero-order valence-corrected chi connectivity index (χ0v) is 15.6. The fraction of sp³-hybridized carbons (Fsp3) is 0.278. The number of para-hydroxylation sites is 1. The summed E-state index contributed by atoms with van der Waals surface area (Å²) in [5.41, 5.74) is 0.183. The monoisotopic (exact) mass is 412 g/mol. The van der Waals surface area contributed by atoms with E-state index in [-0.39, 0.29) is 17.2 Å². The van der Waals surface area contributed by atoms with E-state index in [0.29, 0.717) is 5.11 Å². The zero-order valence-electron chi connectivity index (χ0n) is 13.9. The van der Waals surface area contributed by atoms with Gasteiger partial charge in [0.1, 0.15) is 0 Å². The highest BCUT2D eigenvalue weighted by molar-refractivity contribution is 7.91. The van der Waals surface area contributed by atoms with Crippen molar-refractivity contribution in [1.29, 1.82) is 0 Å². The Morgan fingerprint density at radius 2 is 1.44 bits per heavy atom. The van der Waals surface area contributed by atoms with Crippen molar-refractivity contribution in [3.63, 3.8) is 0 Å². The standard InChI is InChI=1S/C18H15F3N2O2S2/c19-18(20,21)12-5-4-8-14(9-12)23-16-11-27(24,25)10-15(16)22(17(23)26)13-6-2-1-3-7-13/h1-9,15-16H,10-11H2/t15-,16-/m0/s1. The number of sulfone groups is 1. The minimum atomic E-state index is -4.49. The average Bonchev–Trinajstić information content (AvgIpc) is 3.03. The van der Waals surface area contributed by atoms with Gasteiger partial charge in [0.2, 0.25) is 0 Å². The number of benzene rings is 2. The molecule has 2 aromatic carbocycles. The maximum absolute atomic E-state index is 13.1. The molecule has 0 spiro atoms. The van der Waals surface area contributed by atoms with Crippen LogP contribution in [0.4, 0.5) is 24.5 Å². The minimum absolute atomic E-state index is 0.0812. The van der Waals surface area contributed by atoms with Crippen LogP contribution in [0.25, 0.3) is 0 Å². The second kappa shape index (κ2) is 6.20. The van der Waals surface area contributed by atoms with Gasteiger partial charge in [0.25, 0.3) is 0 Å². The molecule has 0 N–H and O–H groups in total. The summed E-state index contributed by atoms with van der Waals surface area (Å²) in [6.07, 6.45) is -4.49. The number of alkyl halides is 3. The summed E-state index contributed by atoms with van der Waals surface area (Å²) in [5, 5.41) is 0.311. The number of nitrogens with zero attached hydrogens (tertiary/aromatic N) is 2. The third-order valence-electron chi connectivity index (χ3n) is 4.86. The van der Waals surface area contributed by atoms with E-state index in [4.69, 9.17) is 12.2 Å². The van der Waals surface area contributed by atoms with Gasteiger partial charge in [-0.15, -0.1) is 0 Å². The molecule has 142 valence electrons. The van der Waals surface area contributed by atoms with Crippen LogP contribution in [0, 0.1) is 0 Å². The lowest BCUT2D eigenvalue weighted by atomic mass is 10.1. The van der Waals surface area contributed by atoms with Crippen LogP contribution >= 0.6 is 12.2 Å². The molecule has 0 bridgehead atoms. The van der Waals surface area contributed by atoms with Crippen molar-refractivity contribution in [3.05, 3.63) is 60.2 Å². The van der Waals surface area contributed by atoms with Gasteiger partial charge in [0, 0.05) is 11.4 Å². The Morgan fingerprint density at radius 3 is 2.04 bits per heavy atom. The van der Waals surface area contributed by atoms with Gasteiger partial charge >= 0.3 is 6.18 Å². The Labute approximate surface area is 160 Å². The van der Waals surface area contributed by atoms with Gasteiger partial charge in [-0.1, -0.05) is 24.3 Å². The molecule has 27 heavy (non-hydrogen) atoms. The van der Waals surface area contributed by atoms with E-state index in [1.165, 1.54) is 12.1 Å². The van der Waals surface area contributed by atoms with Crippen molar-refractivity contribution >= 4 is 38.5 Å². The molecule has 2 atom stereocenters. The first kappa shape index (κ1) is 18.2. The molecule has 2 aliphatic heterocycles. The fourth-order valence-corrected chi connectivity index (χ4v) is 6.13. The fourth-order valence-electron chi connectivity index (χ4n) is 3.73. The molecule has 2 heterocycles. The quantitative estimate of drug-likeness (QED) is 0.707. The van der Waals surface area contributed by atoms with E-state index in [1.807, 2.05) is 30.3 Å². The summed E-state index contributed by atoms with van der Waals surface area (Å²) in [5.74, 6) is -0.223. The lowest BCUT2D eigenvalue weighted by molar-refractivity contribution is -0.137. The highest BCUT2D eigenvalue weighted by Crippen LogP contribution is 2.39. The first-order valence-corrected chi connectivity index (χ1v) is 10.5.